The lowest BCUT2D eigenvalue weighted by Crippen LogP contribution is -2.43. The molecule has 0 aromatic rings. The Morgan fingerprint density at radius 2 is 2.21 bits per heavy atom. The standard InChI is InChI=1S/C7H15N3O2S2/c1-5(4-7(8)13)9-14(11,12)10-6-2-3-6/h5-6,9-10H,2-4H2,1H3,(H2,8,13). The van der Waals surface area contributed by atoms with Gasteiger partial charge in [0.05, 0.1) is 4.99 Å². The number of hydrogen-bond donors (Lipinski definition) is 3. The van der Waals surface area contributed by atoms with Gasteiger partial charge in [0.25, 0.3) is 10.2 Å². The molecule has 1 rings (SSSR count). The molecule has 0 saturated heterocycles. The van der Waals surface area contributed by atoms with Crippen molar-refractivity contribution in [1.82, 2.24) is 9.44 Å². The highest BCUT2D eigenvalue weighted by molar-refractivity contribution is 7.87. The third kappa shape index (κ3) is 4.85. The van der Waals surface area contributed by atoms with E-state index in [1.165, 1.54) is 0 Å². The van der Waals surface area contributed by atoms with Crippen molar-refractivity contribution in [3.63, 3.8) is 0 Å². The van der Waals surface area contributed by atoms with E-state index in [0.717, 1.165) is 12.8 Å². The predicted molar refractivity (Wildman–Crippen MR) is 59.1 cm³/mol. The zero-order valence-corrected chi connectivity index (χ0v) is 9.62. The first kappa shape index (κ1) is 11.8. The summed E-state index contributed by atoms with van der Waals surface area (Å²) < 4.78 is 27.7. The topological polar surface area (TPSA) is 84.2 Å². The van der Waals surface area contributed by atoms with E-state index in [0.29, 0.717) is 11.4 Å². The van der Waals surface area contributed by atoms with Gasteiger partial charge in [0.15, 0.2) is 0 Å². The Bertz CT molecular complexity index is 311. The molecule has 82 valence electrons. The summed E-state index contributed by atoms with van der Waals surface area (Å²) in [7, 11) is -3.38. The third-order valence-electron chi connectivity index (χ3n) is 1.76. The second-order valence-electron chi connectivity index (χ2n) is 3.58. The van der Waals surface area contributed by atoms with Gasteiger partial charge in [-0.05, 0) is 19.8 Å². The van der Waals surface area contributed by atoms with Crippen LogP contribution in [-0.4, -0.2) is 25.5 Å². The number of nitrogens with two attached hydrogens (primary N) is 1. The van der Waals surface area contributed by atoms with Crippen LogP contribution in [0.25, 0.3) is 0 Å². The summed E-state index contributed by atoms with van der Waals surface area (Å²) in [6.07, 6.45) is 2.22. The zero-order chi connectivity index (χ0) is 10.8. The molecule has 0 aromatic carbocycles. The highest BCUT2D eigenvalue weighted by Gasteiger charge is 2.27. The van der Waals surface area contributed by atoms with Gasteiger partial charge in [0.2, 0.25) is 0 Å². The maximum atomic E-state index is 11.4. The molecule has 5 nitrogen and oxygen atoms in total. The Hall–Kier alpha value is -0.240. The molecule has 0 radical (unpaired) electrons. The molecule has 0 spiro atoms. The quantitative estimate of drug-likeness (QED) is 0.551. The molecule has 1 aliphatic rings. The van der Waals surface area contributed by atoms with Gasteiger partial charge in [0, 0.05) is 18.5 Å². The number of nitrogens with one attached hydrogen (secondary N) is 2. The molecule has 0 aliphatic heterocycles. The predicted octanol–water partition coefficient (Wildman–Crippen LogP) is -0.362. The van der Waals surface area contributed by atoms with Crippen molar-refractivity contribution >= 4 is 27.4 Å². The average Bonchev–Trinajstić information content (AvgIpc) is 2.65. The molecule has 0 aromatic heterocycles. The minimum Gasteiger partial charge on any atom is -0.393 e. The minimum absolute atomic E-state index is 0.115. The van der Waals surface area contributed by atoms with Crippen LogP contribution in [0.4, 0.5) is 0 Å². The Morgan fingerprint density at radius 1 is 1.64 bits per heavy atom. The Balaban J connectivity index is 2.36. The maximum absolute atomic E-state index is 11.4. The van der Waals surface area contributed by atoms with E-state index >= 15 is 0 Å². The summed E-state index contributed by atoms with van der Waals surface area (Å²) in [5, 5.41) is 0. The van der Waals surface area contributed by atoms with Gasteiger partial charge < -0.3 is 5.73 Å². The molecule has 1 aliphatic carbocycles. The minimum atomic E-state index is -3.38. The van der Waals surface area contributed by atoms with Crippen LogP contribution in [0, 0.1) is 0 Å². The van der Waals surface area contributed by atoms with E-state index in [1.54, 1.807) is 6.92 Å². The molecular formula is C7H15N3O2S2. The van der Waals surface area contributed by atoms with Crippen molar-refractivity contribution in [3.05, 3.63) is 0 Å². The van der Waals surface area contributed by atoms with Gasteiger partial charge in [-0.15, -0.1) is 0 Å². The maximum Gasteiger partial charge on any atom is 0.277 e. The molecule has 1 fully saturated rings. The van der Waals surface area contributed by atoms with Gasteiger partial charge >= 0.3 is 0 Å². The first-order valence-electron chi connectivity index (χ1n) is 4.47. The lowest BCUT2D eigenvalue weighted by molar-refractivity contribution is 0.550. The lowest BCUT2D eigenvalue weighted by Gasteiger charge is -2.13. The fourth-order valence-electron chi connectivity index (χ4n) is 1.06. The monoisotopic (exact) mass is 237 g/mol. The smallest absolute Gasteiger partial charge is 0.277 e. The van der Waals surface area contributed by atoms with E-state index < -0.39 is 10.2 Å². The SMILES string of the molecule is CC(CC(N)=S)NS(=O)(=O)NC1CC1. The fraction of sp³-hybridized carbons (Fsp3) is 0.857. The van der Waals surface area contributed by atoms with E-state index in [2.05, 4.69) is 21.7 Å². The molecular weight excluding hydrogens is 222 g/mol. The third-order valence-corrected chi connectivity index (χ3v) is 3.29. The summed E-state index contributed by atoms with van der Waals surface area (Å²) in [4.78, 5) is 0.312. The van der Waals surface area contributed by atoms with Crippen LogP contribution in [0.3, 0.4) is 0 Å². The fourth-order valence-corrected chi connectivity index (χ4v) is 2.67. The Morgan fingerprint density at radius 3 is 2.64 bits per heavy atom. The van der Waals surface area contributed by atoms with Crippen LogP contribution in [0.2, 0.25) is 0 Å². The summed E-state index contributed by atoms with van der Waals surface area (Å²) in [5.41, 5.74) is 5.30. The molecule has 4 N–H and O–H groups in total. The molecule has 0 bridgehead atoms. The van der Waals surface area contributed by atoms with Crippen molar-refractivity contribution in [3.8, 4) is 0 Å². The van der Waals surface area contributed by atoms with Crippen LogP contribution < -0.4 is 15.2 Å². The van der Waals surface area contributed by atoms with E-state index in [4.69, 9.17) is 5.73 Å². The van der Waals surface area contributed by atoms with E-state index in [-0.39, 0.29) is 12.1 Å². The van der Waals surface area contributed by atoms with Gasteiger partial charge in [-0.3, -0.25) is 0 Å². The second-order valence-corrected chi connectivity index (χ2v) is 5.59. The van der Waals surface area contributed by atoms with Crippen molar-refractivity contribution in [2.45, 2.75) is 38.3 Å². The zero-order valence-electron chi connectivity index (χ0n) is 7.99. The van der Waals surface area contributed by atoms with Crippen LogP contribution in [0.15, 0.2) is 0 Å². The number of hydrogen-bond acceptors (Lipinski definition) is 3. The van der Waals surface area contributed by atoms with Crippen molar-refractivity contribution in [2.24, 2.45) is 5.73 Å². The van der Waals surface area contributed by atoms with Crippen LogP contribution in [0.1, 0.15) is 26.2 Å². The largest absolute Gasteiger partial charge is 0.393 e. The highest BCUT2D eigenvalue weighted by atomic mass is 32.2. The average molecular weight is 237 g/mol. The first-order chi connectivity index (χ1) is 6.39. The summed E-state index contributed by atoms with van der Waals surface area (Å²) in [5.74, 6) is 0. The molecule has 0 amide bonds. The summed E-state index contributed by atoms with van der Waals surface area (Å²) in [6.45, 7) is 1.73. The summed E-state index contributed by atoms with van der Waals surface area (Å²) >= 11 is 4.68. The van der Waals surface area contributed by atoms with Crippen LogP contribution in [-0.2, 0) is 10.2 Å². The van der Waals surface area contributed by atoms with Crippen molar-refractivity contribution < 1.29 is 8.42 Å². The van der Waals surface area contributed by atoms with Gasteiger partial charge in [-0.25, -0.2) is 0 Å². The number of thiocarbonyl (C=S) groups is 1. The van der Waals surface area contributed by atoms with Gasteiger partial charge in [0.1, 0.15) is 0 Å². The van der Waals surface area contributed by atoms with Crippen LogP contribution in [0.5, 0.6) is 0 Å². The number of rotatable bonds is 6. The molecule has 14 heavy (non-hydrogen) atoms. The molecule has 1 atom stereocenters. The first-order valence-corrected chi connectivity index (χ1v) is 6.36. The van der Waals surface area contributed by atoms with E-state index in [9.17, 15) is 8.42 Å². The molecule has 1 unspecified atom stereocenters. The Kier molecular flexibility index (Phi) is 3.82. The molecule has 7 heteroatoms. The lowest BCUT2D eigenvalue weighted by atomic mass is 10.3. The summed E-state index contributed by atoms with van der Waals surface area (Å²) in [6, 6.07) is -0.145. The van der Waals surface area contributed by atoms with Gasteiger partial charge in [-0.1, -0.05) is 12.2 Å². The molecule has 0 heterocycles. The normalized spacial score (nSPS) is 19.2. The molecule has 1 saturated carbocycles. The Labute approximate surface area is 89.6 Å². The van der Waals surface area contributed by atoms with Gasteiger partial charge in [-0.2, -0.15) is 17.9 Å². The van der Waals surface area contributed by atoms with Crippen LogP contribution >= 0.6 is 12.2 Å². The van der Waals surface area contributed by atoms with Crippen molar-refractivity contribution in [1.29, 1.82) is 0 Å². The second kappa shape index (κ2) is 4.52. The highest BCUT2D eigenvalue weighted by Crippen LogP contribution is 2.19. The van der Waals surface area contributed by atoms with Crippen molar-refractivity contribution in [2.75, 3.05) is 0 Å². The van der Waals surface area contributed by atoms with E-state index in [1.807, 2.05) is 0 Å².